The Labute approximate surface area is 187 Å². The molecule has 2 aliphatic rings. The molecule has 1 saturated carbocycles. The molecule has 1 aliphatic carbocycles. The number of hydrogen-bond acceptors (Lipinski definition) is 4. The first kappa shape index (κ1) is 22.4. The summed E-state index contributed by atoms with van der Waals surface area (Å²) in [6, 6.07) is 15.6. The molecule has 2 fully saturated rings. The van der Waals surface area contributed by atoms with Gasteiger partial charge in [-0.15, -0.1) is 0 Å². The van der Waals surface area contributed by atoms with Gasteiger partial charge in [0, 0.05) is 44.3 Å². The van der Waals surface area contributed by atoms with Gasteiger partial charge < -0.3 is 19.7 Å². The average molecular weight is 445 g/mol. The highest BCUT2D eigenvalue weighted by Gasteiger charge is 2.45. The maximum Gasteiger partial charge on any atom is 0.248 e. The van der Waals surface area contributed by atoms with Crippen LogP contribution >= 0.6 is 0 Å². The van der Waals surface area contributed by atoms with Crippen molar-refractivity contribution in [3.05, 3.63) is 54.1 Å². The molecule has 1 N–H and O–H groups in total. The number of anilines is 1. The van der Waals surface area contributed by atoms with E-state index < -0.39 is 5.92 Å². The summed E-state index contributed by atoms with van der Waals surface area (Å²) < 4.78 is 37.7. The number of halogens is 2. The van der Waals surface area contributed by atoms with E-state index in [-0.39, 0.29) is 36.8 Å². The lowest BCUT2D eigenvalue weighted by Crippen LogP contribution is -2.38. The number of ether oxygens (including phenoxy) is 2. The van der Waals surface area contributed by atoms with Crippen LogP contribution < -0.4 is 19.7 Å². The lowest BCUT2D eigenvalue weighted by atomic mass is 9.82. The van der Waals surface area contributed by atoms with Gasteiger partial charge in [-0.05, 0) is 48.9 Å². The first-order chi connectivity index (χ1) is 15.3. The molecule has 2 atom stereocenters. The predicted octanol–water partition coefficient (Wildman–Crippen LogP) is 4.97. The molecule has 5 nitrogen and oxygen atoms in total. The van der Waals surface area contributed by atoms with Gasteiger partial charge in [-0.3, -0.25) is 4.79 Å². The fourth-order valence-electron chi connectivity index (χ4n) is 4.34. The van der Waals surface area contributed by atoms with E-state index in [0.29, 0.717) is 12.4 Å². The first-order valence-electron chi connectivity index (χ1n) is 11.2. The Morgan fingerprint density at radius 1 is 1.12 bits per heavy atom. The number of alkyl halides is 2. The quantitative estimate of drug-likeness (QED) is 0.625. The van der Waals surface area contributed by atoms with Crippen LogP contribution in [0.2, 0.25) is 0 Å². The second kappa shape index (κ2) is 9.35. The minimum atomic E-state index is -2.50. The van der Waals surface area contributed by atoms with Gasteiger partial charge in [0.25, 0.3) is 0 Å². The third-order valence-electron chi connectivity index (χ3n) is 6.11. The summed E-state index contributed by atoms with van der Waals surface area (Å²) >= 11 is 0. The molecule has 172 valence electrons. The minimum absolute atomic E-state index is 0.0369. The van der Waals surface area contributed by atoms with Crippen molar-refractivity contribution in [2.24, 2.45) is 5.92 Å². The van der Waals surface area contributed by atoms with Crippen molar-refractivity contribution in [1.82, 2.24) is 5.32 Å². The summed E-state index contributed by atoms with van der Waals surface area (Å²) in [6.45, 7) is 5.51. The van der Waals surface area contributed by atoms with Crippen LogP contribution in [-0.4, -0.2) is 37.6 Å². The van der Waals surface area contributed by atoms with Crippen molar-refractivity contribution in [1.29, 1.82) is 0 Å². The van der Waals surface area contributed by atoms with E-state index >= 15 is 0 Å². The number of amides is 1. The number of benzene rings is 2. The third-order valence-corrected chi connectivity index (χ3v) is 6.11. The maximum absolute atomic E-state index is 12.9. The Balaban J connectivity index is 1.24. The highest BCUT2D eigenvalue weighted by molar-refractivity contribution is 5.73. The lowest BCUT2D eigenvalue weighted by molar-refractivity contribution is -0.120. The monoisotopic (exact) mass is 444 g/mol. The summed E-state index contributed by atoms with van der Waals surface area (Å²) in [7, 11) is 0. The summed E-state index contributed by atoms with van der Waals surface area (Å²) in [5.74, 6) is -1.07. The first-order valence-corrected chi connectivity index (χ1v) is 11.2. The van der Waals surface area contributed by atoms with E-state index in [1.165, 1.54) is 6.92 Å². The van der Waals surface area contributed by atoms with Crippen molar-refractivity contribution in [3.8, 4) is 11.5 Å². The molecule has 0 aromatic heterocycles. The molecule has 2 aromatic carbocycles. The highest BCUT2D eigenvalue weighted by Crippen LogP contribution is 2.42. The highest BCUT2D eigenvalue weighted by atomic mass is 19.3. The SMILES string of the molecule is CC(=O)N[C@@H](C)c1ccc(OC2CCN(c3ccc(OCC4CC(F)(F)C4)cc3)C2)cc1. The summed E-state index contributed by atoms with van der Waals surface area (Å²) in [5, 5.41) is 2.88. The molecule has 1 unspecified atom stereocenters. The Bertz CT molecular complexity index is 910. The van der Waals surface area contributed by atoms with Gasteiger partial charge in [-0.1, -0.05) is 12.1 Å². The Hall–Kier alpha value is -2.83. The zero-order valence-electron chi connectivity index (χ0n) is 18.5. The van der Waals surface area contributed by atoms with Crippen LogP contribution in [0.3, 0.4) is 0 Å². The average Bonchev–Trinajstić information content (AvgIpc) is 3.19. The van der Waals surface area contributed by atoms with Crippen LogP contribution in [0.25, 0.3) is 0 Å². The summed E-state index contributed by atoms with van der Waals surface area (Å²) in [5.41, 5.74) is 2.13. The molecular weight excluding hydrogens is 414 g/mol. The molecule has 1 heterocycles. The van der Waals surface area contributed by atoms with Crippen molar-refractivity contribution in [3.63, 3.8) is 0 Å². The molecule has 32 heavy (non-hydrogen) atoms. The molecule has 4 rings (SSSR count). The molecule has 1 aliphatic heterocycles. The Kier molecular flexibility index (Phi) is 6.53. The minimum Gasteiger partial charge on any atom is -0.493 e. The zero-order chi connectivity index (χ0) is 22.7. The van der Waals surface area contributed by atoms with E-state index in [1.54, 1.807) is 0 Å². The molecule has 1 saturated heterocycles. The number of nitrogens with one attached hydrogen (secondary N) is 1. The maximum atomic E-state index is 12.9. The summed E-state index contributed by atoms with van der Waals surface area (Å²) in [4.78, 5) is 13.5. The number of hydrogen-bond donors (Lipinski definition) is 1. The van der Waals surface area contributed by atoms with Gasteiger partial charge in [0.05, 0.1) is 19.2 Å². The molecule has 2 aromatic rings. The largest absolute Gasteiger partial charge is 0.493 e. The smallest absolute Gasteiger partial charge is 0.248 e. The van der Waals surface area contributed by atoms with Crippen molar-refractivity contribution in [2.45, 2.75) is 51.2 Å². The van der Waals surface area contributed by atoms with Crippen molar-refractivity contribution >= 4 is 11.6 Å². The second-order valence-corrected chi connectivity index (χ2v) is 8.90. The van der Waals surface area contributed by atoms with Gasteiger partial charge >= 0.3 is 0 Å². The number of nitrogens with zero attached hydrogens (tertiary/aromatic N) is 1. The van der Waals surface area contributed by atoms with Crippen LogP contribution in [0.5, 0.6) is 11.5 Å². The molecular formula is C25H30F2N2O3. The molecule has 1 amide bonds. The van der Waals surface area contributed by atoms with E-state index in [2.05, 4.69) is 10.2 Å². The lowest BCUT2D eigenvalue weighted by Gasteiger charge is -2.34. The fourth-order valence-corrected chi connectivity index (χ4v) is 4.34. The molecule has 0 radical (unpaired) electrons. The van der Waals surface area contributed by atoms with Crippen LogP contribution in [0, 0.1) is 5.92 Å². The van der Waals surface area contributed by atoms with Crippen molar-refractivity contribution < 1.29 is 23.0 Å². The third kappa shape index (κ3) is 5.69. The van der Waals surface area contributed by atoms with Gasteiger partial charge in [0.2, 0.25) is 11.8 Å². The predicted molar refractivity (Wildman–Crippen MR) is 120 cm³/mol. The van der Waals surface area contributed by atoms with Gasteiger partial charge in [0.1, 0.15) is 17.6 Å². The van der Waals surface area contributed by atoms with Crippen LogP contribution in [-0.2, 0) is 4.79 Å². The van der Waals surface area contributed by atoms with Gasteiger partial charge in [-0.2, -0.15) is 0 Å². The van der Waals surface area contributed by atoms with Crippen LogP contribution in [0.4, 0.5) is 14.5 Å². The topological polar surface area (TPSA) is 50.8 Å². The molecule has 7 heteroatoms. The van der Waals surface area contributed by atoms with E-state index in [4.69, 9.17) is 9.47 Å². The summed E-state index contributed by atoms with van der Waals surface area (Å²) in [6.07, 6.45) is 0.886. The van der Waals surface area contributed by atoms with Gasteiger partial charge in [0.15, 0.2) is 0 Å². The van der Waals surface area contributed by atoms with E-state index in [0.717, 1.165) is 36.5 Å². The van der Waals surface area contributed by atoms with E-state index in [9.17, 15) is 13.6 Å². The Morgan fingerprint density at radius 2 is 1.78 bits per heavy atom. The molecule has 0 spiro atoms. The number of carbonyl (C=O) groups excluding carboxylic acids is 1. The van der Waals surface area contributed by atoms with Crippen LogP contribution in [0.15, 0.2) is 48.5 Å². The van der Waals surface area contributed by atoms with Crippen LogP contribution in [0.1, 0.15) is 44.7 Å². The molecule has 0 bridgehead atoms. The fraction of sp³-hybridized carbons (Fsp3) is 0.480. The second-order valence-electron chi connectivity index (χ2n) is 8.90. The normalized spacial score (nSPS) is 21.0. The van der Waals surface area contributed by atoms with E-state index in [1.807, 2.05) is 55.5 Å². The number of carbonyl (C=O) groups is 1. The zero-order valence-corrected chi connectivity index (χ0v) is 18.5. The van der Waals surface area contributed by atoms with Gasteiger partial charge in [-0.25, -0.2) is 8.78 Å². The standard InChI is InChI=1S/C25H30F2N2O3/c1-17(28-18(2)30)20-3-7-23(8-4-20)32-24-11-12-29(15-24)21-5-9-22(10-6-21)31-16-19-13-25(26,27)14-19/h3-10,17,19,24H,11-16H2,1-2H3,(H,28,30)/t17-,24?/m0/s1. The number of rotatable bonds is 8. The Morgan fingerprint density at radius 3 is 2.41 bits per heavy atom. The van der Waals surface area contributed by atoms with Crippen molar-refractivity contribution in [2.75, 3.05) is 24.6 Å².